The fourth-order valence-electron chi connectivity index (χ4n) is 1.91. The topological polar surface area (TPSA) is 72.4 Å². The average Bonchev–Trinajstić information content (AvgIpc) is 2.84. The van der Waals surface area contributed by atoms with Crippen LogP contribution in [0.3, 0.4) is 0 Å². The largest absolute Gasteiger partial charge is 0.399 e. The van der Waals surface area contributed by atoms with Gasteiger partial charge in [0.15, 0.2) is 0 Å². The Hall–Kier alpha value is -1.85. The lowest BCUT2D eigenvalue weighted by Gasteiger charge is -2.20. The molecule has 0 fully saturated rings. The lowest BCUT2D eigenvalue weighted by molar-refractivity contribution is -0.119. The van der Waals surface area contributed by atoms with Crippen LogP contribution in [-0.2, 0) is 17.9 Å². The molecule has 1 aromatic heterocycles. The van der Waals surface area contributed by atoms with Gasteiger partial charge in [-0.1, -0.05) is 12.1 Å². The van der Waals surface area contributed by atoms with Crippen LogP contribution in [-0.4, -0.2) is 17.4 Å². The SMILES string of the molecule is NC(=O)CN(Cc1ccc(N)cc1)Cc1ccsc1. The molecule has 1 heterocycles. The quantitative estimate of drug-likeness (QED) is 0.790. The Kier molecular flexibility index (Phi) is 4.54. The molecular weight excluding hydrogens is 258 g/mol. The van der Waals surface area contributed by atoms with Crippen LogP contribution in [0.25, 0.3) is 0 Å². The molecule has 0 atom stereocenters. The van der Waals surface area contributed by atoms with Crippen LogP contribution < -0.4 is 11.5 Å². The first kappa shape index (κ1) is 13.6. The maximum Gasteiger partial charge on any atom is 0.231 e. The zero-order valence-corrected chi connectivity index (χ0v) is 11.4. The maximum absolute atomic E-state index is 11.1. The molecule has 5 heteroatoms. The molecule has 0 bridgehead atoms. The van der Waals surface area contributed by atoms with Crippen LogP contribution in [0, 0.1) is 0 Å². The molecule has 100 valence electrons. The van der Waals surface area contributed by atoms with Crippen LogP contribution in [0.15, 0.2) is 41.1 Å². The van der Waals surface area contributed by atoms with Gasteiger partial charge in [-0.2, -0.15) is 11.3 Å². The summed E-state index contributed by atoms with van der Waals surface area (Å²) >= 11 is 1.65. The number of thiophene rings is 1. The highest BCUT2D eigenvalue weighted by Crippen LogP contribution is 2.13. The lowest BCUT2D eigenvalue weighted by atomic mass is 10.2. The molecule has 2 rings (SSSR count). The first-order chi connectivity index (χ1) is 9.13. The molecule has 1 aromatic carbocycles. The van der Waals surface area contributed by atoms with Gasteiger partial charge in [0, 0.05) is 18.8 Å². The lowest BCUT2D eigenvalue weighted by Crippen LogP contribution is -2.32. The van der Waals surface area contributed by atoms with Crippen molar-refractivity contribution in [3.63, 3.8) is 0 Å². The van der Waals surface area contributed by atoms with E-state index in [0.717, 1.165) is 17.8 Å². The first-order valence-electron chi connectivity index (χ1n) is 5.99. The number of carbonyl (C=O) groups is 1. The van der Waals surface area contributed by atoms with E-state index < -0.39 is 0 Å². The van der Waals surface area contributed by atoms with Gasteiger partial charge in [-0.15, -0.1) is 0 Å². The summed E-state index contributed by atoms with van der Waals surface area (Å²) in [6, 6.07) is 9.72. The van der Waals surface area contributed by atoms with Gasteiger partial charge in [0.1, 0.15) is 0 Å². The summed E-state index contributed by atoms with van der Waals surface area (Å²) in [5.41, 5.74) is 14.0. The molecule has 0 aliphatic heterocycles. The van der Waals surface area contributed by atoms with Gasteiger partial charge >= 0.3 is 0 Å². The number of rotatable bonds is 6. The average molecular weight is 275 g/mol. The molecule has 0 saturated carbocycles. The standard InChI is InChI=1S/C14H17N3OS/c15-13-3-1-11(2-4-13)7-17(9-14(16)18)8-12-5-6-19-10-12/h1-6,10H,7-9,15H2,(H2,16,18). The number of anilines is 1. The van der Waals surface area contributed by atoms with Crippen molar-refractivity contribution in [1.82, 2.24) is 4.90 Å². The summed E-state index contributed by atoms with van der Waals surface area (Å²) < 4.78 is 0. The van der Waals surface area contributed by atoms with Gasteiger partial charge < -0.3 is 11.5 Å². The summed E-state index contributed by atoms with van der Waals surface area (Å²) in [5, 5.41) is 4.11. The Morgan fingerprint density at radius 1 is 1.11 bits per heavy atom. The zero-order valence-electron chi connectivity index (χ0n) is 10.6. The summed E-state index contributed by atoms with van der Waals surface area (Å²) in [5.74, 6) is -0.314. The first-order valence-corrected chi connectivity index (χ1v) is 6.94. The highest BCUT2D eigenvalue weighted by Gasteiger charge is 2.10. The Bertz CT molecular complexity index is 522. The normalized spacial score (nSPS) is 10.8. The smallest absolute Gasteiger partial charge is 0.231 e. The van der Waals surface area contributed by atoms with Gasteiger partial charge in [0.2, 0.25) is 5.91 Å². The summed E-state index contributed by atoms with van der Waals surface area (Å²) in [6.45, 7) is 1.65. The summed E-state index contributed by atoms with van der Waals surface area (Å²) in [7, 11) is 0. The highest BCUT2D eigenvalue weighted by atomic mass is 32.1. The number of amides is 1. The van der Waals surface area contributed by atoms with E-state index >= 15 is 0 Å². The molecule has 1 amide bonds. The molecule has 0 spiro atoms. The fraction of sp³-hybridized carbons (Fsp3) is 0.214. The van der Waals surface area contributed by atoms with Gasteiger partial charge in [0.05, 0.1) is 6.54 Å². The molecule has 0 radical (unpaired) electrons. The second kappa shape index (κ2) is 6.36. The van der Waals surface area contributed by atoms with Crippen LogP contribution >= 0.6 is 11.3 Å². The minimum atomic E-state index is -0.314. The Morgan fingerprint density at radius 2 is 1.79 bits per heavy atom. The van der Waals surface area contributed by atoms with E-state index in [1.54, 1.807) is 11.3 Å². The van der Waals surface area contributed by atoms with Crippen molar-refractivity contribution in [3.05, 3.63) is 52.2 Å². The second-order valence-electron chi connectivity index (χ2n) is 4.48. The van der Waals surface area contributed by atoms with Crippen molar-refractivity contribution >= 4 is 22.9 Å². The molecule has 0 unspecified atom stereocenters. The number of nitrogens with two attached hydrogens (primary N) is 2. The third-order valence-electron chi connectivity index (χ3n) is 2.75. The highest BCUT2D eigenvalue weighted by molar-refractivity contribution is 7.07. The number of hydrogen-bond donors (Lipinski definition) is 2. The number of primary amides is 1. The minimum Gasteiger partial charge on any atom is -0.399 e. The molecule has 19 heavy (non-hydrogen) atoms. The van der Waals surface area contributed by atoms with E-state index in [-0.39, 0.29) is 12.5 Å². The van der Waals surface area contributed by atoms with E-state index in [0.29, 0.717) is 6.54 Å². The molecule has 4 nitrogen and oxygen atoms in total. The summed E-state index contributed by atoms with van der Waals surface area (Å²) in [4.78, 5) is 13.2. The third-order valence-corrected chi connectivity index (χ3v) is 3.48. The van der Waals surface area contributed by atoms with Gasteiger partial charge in [0.25, 0.3) is 0 Å². The van der Waals surface area contributed by atoms with Crippen LogP contribution in [0.1, 0.15) is 11.1 Å². The molecular formula is C14H17N3OS. The Balaban J connectivity index is 2.04. The molecule has 2 aromatic rings. The number of hydrogen-bond acceptors (Lipinski definition) is 4. The van der Waals surface area contributed by atoms with E-state index in [1.165, 1.54) is 5.56 Å². The number of benzene rings is 1. The van der Waals surface area contributed by atoms with Gasteiger partial charge in [-0.05, 0) is 40.1 Å². The van der Waals surface area contributed by atoms with E-state index in [9.17, 15) is 4.79 Å². The second-order valence-corrected chi connectivity index (χ2v) is 5.26. The minimum absolute atomic E-state index is 0.250. The molecule has 0 saturated heterocycles. The number of carbonyl (C=O) groups excluding carboxylic acids is 1. The van der Waals surface area contributed by atoms with Crippen molar-refractivity contribution in [2.45, 2.75) is 13.1 Å². The van der Waals surface area contributed by atoms with E-state index in [2.05, 4.69) is 11.4 Å². The maximum atomic E-state index is 11.1. The van der Waals surface area contributed by atoms with Crippen molar-refractivity contribution in [2.24, 2.45) is 5.73 Å². The predicted octanol–water partition coefficient (Wildman–Crippen LogP) is 1.82. The number of nitrogen functional groups attached to an aromatic ring is 1. The molecule has 4 N–H and O–H groups in total. The summed E-state index contributed by atoms with van der Waals surface area (Å²) in [6.07, 6.45) is 0. The monoisotopic (exact) mass is 275 g/mol. The van der Waals surface area contributed by atoms with Crippen molar-refractivity contribution < 1.29 is 4.79 Å². The third kappa shape index (κ3) is 4.39. The molecule has 0 aliphatic rings. The predicted molar refractivity (Wildman–Crippen MR) is 78.5 cm³/mol. The Labute approximate surface area is 116 Å². The van der Waals surface area contributed by atoms with Crippen molar-refractivity contribution in [3.8, 4) is 0 Å². The van der Waals surface area contributed by atoms with Gasteiger partial charge in [-0.3, -0.25) is 9.69 Å². The number of nitrogens with zero attached hydrogens (tertiary/aromatic N) is 1. The van der Waals surface area contributed by atoms with Crippen LogP contribution in [0.4, 0.5) is 5.69 Å². The van der Waals surface area contributed by atoms with E-state index in [4.69, 9.17) is 11.5 Å². The van der Waals surface area contributed by atoms with Crippen LogP contribution in [0.5, 0.6) is 0 Å². The molecule has 0 aliphatic carbocycles. The van der Waals surface area contributed by atoms with Crippen LogP contribution in [0.2, 0.25) is 0 Å². The fourth-order valence-corrected chi connectivity index (χ4v) is 2.57. The van der Waals surface area contributed by atoms with E-state index in [1.807, 2.05) is 34.5 Å². The van der Waals surface area contributed by atoms with Gasteiger partial charge in [-0.25, -0.2) is 0 Å². The van der Waals surface area contributed by atoms with Crippen molar-refractivity contribution in [2.75, 3.05) is 12.3 Å². The zero-order chi connectivity index (χ0) is 13.7. The Morgan fingerprint density at radius 3 is 2.37 bits per heavy atom. The van der Waals surface area contributed by atoms with Crippen molar-refractivity contribution in [1.29, 1.82) is 0 Å².